The summed E-state index contributed by atoms with van der Waals surface area (Å²) in [6.07, 6.45) is 7.17. The quantitative estimate of drug-likeness (QED) is 0.879. The molecule has 0 bridgehead atoms. The van der Waals surface area contributed by atoms with Crippen molar-refractivity contribution in [3.63, 3.8) is 0 Å². The van der Waals surface area contributed by atoms with Crippen LogP contribution in [0, 0.1) is 6.92 Å². The van der Waals surface area contributed by atoms with Crippen LogP contribution in [-0.2, 0) is 0 Å². The van der Waals surface area contributed by atoms with Crippen LogP contribution in [0.1, 0.15) is 54.7 Å². The first-order valence-electron chi connectivity index (χ1n) is 8.17. The lowest BCUT2D eigenvalue weighted by Crippen LogP contribution is -2.35. The molecule has 1 aromatic carbocycles. The van der Waals surface area contributed by atoms with E-state index in [2.05, 4.69) is 10.4 Å². The Morgan fingerprint density at radius 3 is 2.50 bits per heavy atom. The maximum Gasteiger partial charge on any atom is 0.270 e. The van der Waals surface area contributed by atoms with Crippen molar-refractivity contribution >= 4 is 5.91 Å². The van der Waals surface area contributed by atoms with Gasteiger partial charge < -0.3 is 5.32 Å². The summed E-state index contributed by atoms with van der Waals surface area (Å²) in [5, 5.41) is 7.67. The Morgan fingerprint density at radius 1 is 1.14 bits per heavy atom. The van der Waals surface area contributed by atoms with Gasteiger partial charge in [0, 0.05) is 6.04 Å². The molecule has 4 nitrogen and oxygen atoms in total. The summed E-state index contributed by atoms with van der Waals surface area (Å²) in [5.41, 5.74) is 2.39. The van der Waals surface area contributed by atoms with Crippen molar-refractivity contribution in [2.75, 3.05) is 0 Å². The molecule has 0 aliphatic heterocycles. The maximum atomic E-state index is 12.7. The highest BCUT2D eigenvalue weighted by Crippen LogP contribution is 2.18. The minimum Gasteiger partial charge on any atom is -0.348 e. The number of carbonyl (C=O) groups excluding carboxylic acids is 1. The van der Waals surface area contributed by atoms with E-state index in [1.54, 1.807) is 4.68 Å². The highest BCUT2D eigenvalue weighted by atomic mass is 16.2. The molecule has 1 aromatic heterocycles. The van der Waals surface area contributed by atoms with Crippen LogP contribution in [0.2, 0.25) is 0 Å². The number of nitrogens with zero attached hydrogens (tertiary/aromatic N) is 2. The van der Waals surface area contributed by atoms with E-state index in [4.69, 9.17) is 0 Å². The van der Waals surface area contributed by atoms with Crippen molar-refractivity contribution in [2.45, 2.75) is 51.5 Å². The number of hydrogen-bond acceptors (Lipinski definition) is 2. The molecule has 1 aliphatic rings. The molecule has 1 saturated carbocycles. The monoisotopic (exact) mass is 297 g/mol. The first kappa shape index (κ1) is 14.8. The summed E-state index contributed by atoms with van der Waals surface area (Å²) in [6, 6.07) is 12.0. The molecule has 3 rings (SSSR count). The second-order valence-electron chi connectivity index (χ2n) is 6.08. The lowest BCUT2D eigenvalue weighted by molar-refractivity contribution is 0.0925. The molecular weight excluding hydrogens is 274 g/mol. The number of aryl methyl sites for hydroxylation is 1. The third kappa shape index (κ3) is 3.38. The fraction of sp³-hybridized carbons (Fsp3) is 0.444. The standard InChI is InChI=1S/C18H23N3O/c1-14-13-17(21(20-14)16-11-7-4-8-12-16)18(22)19-15-9-5-2-3-6-10-15/h4,7-8,11-13,15H,2-3,5-6,9-10H2,1H3,(H,19,22). The van der Waals surface area contributed by atoms with E-state index in [1.165, 1.54) is 25.7 Å². The van der Waals surface area contributed by atoms with Crippen LogP contribution in [0.15, 0.2) is 36.4 Å². The predicted octanol–water partition coefficient (Wildman–Crippen LogP) is 3.63. The van der Waals surface area contributed by atoms with E-state index in [1.807, 2.05) is 43.3 Å². The Morgan fingerprint density at radius 2 is 1.82 bits per heavy atom. The summed E-state index contributed by atoms with van der Waals surface area (Å²) in [7, 11) is 0. The zero-order valence-corrected chi connectivity index (χ0v) is 13.1. The normalized spacial score (nSPS) is 16.2. The van der Waals surface area contributed by atoms with Crippen molar-refractivity contribution < 1.29 is 4.79 Å². The number of amides is 1. The van der Waals surface area contributed by atoms with Gasteiger partial charge in [0.1, 0.15) is 5.69 Å². The van der Waals surface area contributed by atoms with Crippen LogP contribution in [-0.4, -0.2) is 21.7 Å². The maximum absolute atomic E-state index is 12.7. The SMILES string of the molecule is Cc1cc(C(=O)NC2CCCCCC2)n(-c2ccccc2)n1. The lowest BCUT2D eigenvalue weighted by atomic mass is 10.1. The number of para-hydroxylation sites is 1. The Balaban J connectivity index is 1.80. The van der Waals surface area contributed by atoms with Crippen LogP contribution in [0.5, 0.6) is 0 Å². The molecule has 1 fully saturated rings. The number of rotatable bonds is 3. The van der Waals surface area contributed by atoms with Crippen molar-refractivity contribution in [3.8, 4) is 5.69 Å². The third-order valence-electron chi connectivity index (χ3n) is 4.26. The molecule has 0 spiro atoms. The zero-order chi connectivity index (χ0) is 15.4. The van der Waals surface area contributed by atoms with Gasteiger partial charge in [-0.2, -0.15) is 5.10 Å². The molecule has 22 heavy (non-hydrogen) atoms. The van der Waals surface area contributed by atoms with Gasteiger partial charge in [0.15, 0.2) is 0 Å². The number of hydrogen-bond donors (Lipinski definition) is 1. The predicted molar refractivity (Wildman–Crippen MR) is 87.3 cm³/mol. The van der Waals surface area contributed by atoms with Gasteiger partial charge in [-0.15, -0.1) is 0 Å². The molecule has 1 N–H and O–H groups in total. The van der Waals surface area contributed by atoms with E-state index < -0.39 is 0 Å². The van der Waals surface area contributed by atoms with Crippen LogP contribution >= 0.6 is 0 Å². The fourth-order valence-corrected chi connectivity index (χ4v) is 3.11. The minimum absolute atomic E-state index is 0.0173. The van der Waals surface area contributed by atoms with Gasteiger partial charge in [-0.1, -0.05) is 43.9 Å². The Labute approximate surface area is 131 Å². The average Bonchev–Trinajstić information content (AvgIpc) is 2.75. The smallest absolute Gasteiger partial charge is 0.270 e. The fourth-order valence-electron chi connectivity index (χ4n) is 3.11. The van der Waals surface area contributed by atoms with Crippen molar-refractivity contribution in [1.82, 2.24) is 15.1 Å². The van der Waals surface area contributed by atoms with Crippen molar-refractivity contribution in [2.24, 2.45) is 0 Å². The van der Waals surface area contributed by atoms with Crippen LogP contribution in [0.25, 0.3) is 5.69 Å². The molecule has 1 heterocycles. The molecular formula is C18H23N3O. The lowest BCUT2D eigenvalue weighted by Gasteiger charge is -2.16. The molecule has 1 aliphatic carbocycles. The van der Waals surface area contributed by atoms with E-state index in [-0.39, 0.29) is 5.91 Å². The number of nitrogens with one attached hydrogen (secondary N) is 1. The molecule has 4 heteroatoms. The van der Waals surface area contributed by atoms with Crippen molar-refractivity contribution in [1.29, 1.82) is 0 Å². The molecule has 0 unspecified atom stereocenters. The zero-order valence-electron chi connectivity index (χ0n) is 13.1. The van der Waals surface area contributed by atoms with Crippen LogP contribution in [0.3, 0.4) is 0 Å². The van der Waals surface area contributed by atoms with E-state index in [9.17, 15) is 4.79 Å². The molecule has 1 amide bonds. The van der Waals surface area contributed by atoms with E-state index in [0.29, 0.717) is 11.7 Å². The topological polar surface area (TPSA) is 46.9 Å². The van der Waals surface area contributed by atoms with Gasteiger partial charge in [-0.25, -0.2) is 4.68 Å². The first-order valence-corrected chi connectivity index (χ1v) is 8.17. The van der Waals surface area contributed by atoms with Crippen LogP contribution in [0.4, 0.5) is 0 Å². The summed E-state index contributed by atoms with van der Waals surface area (Å²) in [6.45, 7) is 1.92. The summed E-state index contributed by atoms with van der Waals surface area (Å²) >= 11 is 0. The number of benzene rings is 1. The second-order valence-corrected chi connectivity index (χ2v) is 6.08. The van der Waals surface area contributed by atoms with Crippen LogP contribution < -0.4 is 5.32 Å². The summed E-state index contributed by atoms with van der Waals surface area (Å²) in [5.74, 6) is -0.0173. The van der Waals surface area contributed by atoms with Gasteiger partial charge >= 0.3 is 0 Å². The second kappa shape index (κ2) is 6.77. The minimum atomic E-state index is -0.0173. The molecule has 0 atom stereocenters. The Hall–Kier alpha value is -2.10. The van der Waals surface area contributed by atoms with Gasteiger partial charge in [-0.3, -0.25) is 4.79 Å². The molecule has 2 aromatic rings. The Kier molecular flexibility index (Phi) is 4.56. The summed E-state index contributed by atoms with van der Waals surface area (Å²) in [4.78, 5) is 12.7. The van der Waals surface area contributed by atoms with Crippen molar-refractivity contribution in [3.05, 3.63) is 47.8 Å². The highest BCUT2D eigenvalue weighted by molar-refractivity contribution is 5.93. The highest BCUT2D eigenvalue weighted by Gasteiger charge is 2.19. The van der Waals surface area contributed by atoms with Gasteiger partial charge in [0.05, 0.1) is 11.4 Å². The van der Waals surface area contributed by atoms with E-state index >= 15 is 0 Å². The van der Waals surface area contributed by atoms with Gasteiger partial charge in [0.25, 0.3) is 5.91 Å². The summed E-state index contributed by atoms with van der Waals surface area (Å²) < 4.78 is 1.74. The third-order valence-corrected chi connectivity index (χ3v) is 4.26. The molecule has 116 valence electrons. The average molecular weight is 297 g/mol. The first-order chi connectivity index (χ1) is 10.7. The van der Waals surface area contributed by atoms with E-state index in [0.717, 1.165) is 24.2 Å². The Bertz CT molecular complexity index is 625. The number of aromatic nitrogens is 2. The van der Waals surface area contributed by atoms with Gasteiger partial charge in [0.2, 0.25) is 0 Å². The number of carbonyl (C=O) groups is 1. The largest absolute Gasteiger partial charge is 0.348 e. The molecule has 0 saturated heterocycles. The van der Waals surface area contributed by atoms with Gasteiger partial charge in [-0.05, 0) is 38.0 Å². The molecule has 0 radical (unpaired) electrons.